The first-order valence-corrected chi connectivity index (χ1v) is 11.7. The monoisotopic (exact) mass is 474 g/mol. The molecule has 3 nitrogen and oxygen atoms in total. The maximum Gasteiger partial charge on any atom is 0.416 e. The van der Waals surface area contributed by atoms with Crippen molar-refractivity contribution in [2.24, 2.45) is 0 Å². The van der Waals surface area contributed by atoms with E-state index in [1.807, 2.05) is 17.5 Å². The van der Waals surface area contributed by atoms with Crippen molar-refractivity contribution >= 4 is 22.9 Å². The Labute approximate surface area is 197 Å². The van der Waals surface area contributed by atoms with Crippen LogP contribution >= 0.6 is 11.3 Å². The molecule has 0 saturated heterocycles. The molecule has 0 saturated carbocycles. The average Bonchev–Trinajstić information content (AvgIpc) is 3.25. The molecule has 0 aliphatic carbocycles. The second-order valence-electron chi connectivity index (χ2n) is 9.07. The van der Waals surface area contributed by atoms with E-state index in [0.717, 1.165) is 23.4 Å². The Morgan fingerprint density at radius 3 is 2.24 bits per heavy atom. The van der Waals surface area contributed by atoms with Gasteiger partial charge in [0.1, 0.15) is 0 Å². The van der Waals surface area contributed by atoms with Gasteiger partial charge in [-0.25, -0.2) is 0 Å². The summed E-state index contributed by atoms with van der Waals surface area (Å²) >= 11 is 1.35. The van der Waals surface area contributed by atoms with Crippen LogP contribution in [-0.2, 0) is 24.6 Å². The highest BCUT2D eigenvalue weighted by molar-refractivity contribution is 7.12. The van der Waals surface area contributed by atoms with E-state index in [0.29, 0.717) is 30.0 Å². The second-order valence-corrected chi connectivity index (χ2v) is 9.98. The molecule has 1 N–H and O–H groups in total. The fourth-order valence-electron chi connectivity index (χ4n) is 3.49. The summed E-state index contributed by atoms with van der Waals surface area (Å²) in [5.74, 6) is -0.131. The van der Waals surface area contributed by atoms with E-state index in [2.05, 4.69) is 38.2 Å². The molecule has 3 rings (SSSR count). The van der Waals surface area contributed by atoms with Gasteiger partial charge in [-0.05, 0) is 40.7 Å². The molecular formula is C26H29F3N2OS. The van der Waals surface area contributed by atoms with Crippen LogP contribution in [0.4, 0.5) is 18.9 Å². The number of benzene rings is 2. The van der Waals surface area contributed by atoms with Crippen molar-refractivity contribution in [3.05, 3.63) is 87.1 Å². The standard InChI is InChI=1S/C26H29F3N2OS/c1-25(2,3)20-10-8-19(9-11-20)16-31(24(32)23-15-22(30-4)17-33-23)13-12-18-6-5-7-21(14-18)26(27,28)29/h5-11,14-15,17,30H,12-13,16H2,1-4H3. The maximum atomic E-state index is 13.3. The number of halogens is 3. The van der Waals surface area contributed by atoms with Gasteiger partial charge >= 0.3 is 6.18 Å². The zero-order valence-corrected chi connectivity index (χ0v) is 20.1. The van der Waals surface area contributed by atoms with Crippen LogP contribution in [0.5, 0.6) is 0 Å². The lowest BCUT2D eigenvalue weighted by atomic mass is 9.87. The number of hydrogen-bond acceptors (Lipinski definition) is 3. The highest BCUT2D eigenvalue weighted by Crippen LogP contribution is 2.30. The molecule has 0 spiro atoms. The van der Waals surface area contributed by atoms with Crippen molar-refractivity contribution in [3.63, 3.8) is 0 Å². The molecular weight excluding hydrogens is 445 g/mol. The molecule has 33 heavy (non-hydrogen) atoms. The van der Waals surface area contributed by atoms with Crippen LogP contribution in [0.15, 0.2) is 60.0 Å². The molecule has 7 heteroatoms. The molecule has 1 aromatic heterocycles. The predicted octanol–water partition coefficient (Wildman–Crippen LogP) is 6.99. The Morgan fingerprint density at radius 1 is 0.970 bits per heavy atom. The Balaban J connectivity index is 1.82. The lowest BCUT2D eigenvalue weighted by Crippen LogP contribution is -2.32. The summed E-state index contributed by atoms with van der Waals surface area (Å²) in [5.41, 5.74) is 2.93. The number of carbonyl (C=O) groups excluding carboxylic acids is 1. The van der Waals surface area contributed by atoms with Crippen LogP contribution in [0.25, 0.3) is 0 Å². The van der Waals surface area contributed by atoms with Crippen LogP contribution in [0.1, 0.15) is 52.7 Å². The summed E-state index contributed by atoms with van der Waals surface area (Å²) in [6.07, 6.45) is -4.05. The zero-order valence-electron chi connectivity index (χ0n) is 19.3. The van der Waals surface area contributed by atoms with Crippen LogP contribution in [0.3, 0.4) is 0 Å². The highest BCUT2D eigenvalue weighted by atomic mass is 32.1. The molecule has 0 fully saturated rings. The van der Waals surface area contributed by atoms with Gasteiger partial charge in [0.05, 0.1) is 10.4 Å². The molecule has 2 aromatic carbocycles. The predicted molar refractivity (Wildman–Crippen MR) is 129 cm³/mol. The minimum atomic E-state index is -4.39. The number of carbonyl (C=O) groups is 1. The molecule has 176 valence electrons. The van der Waals surface area contributed by atoms with E-state index in [1.54, 1.807) is 24.1 Å². The van der Waals surface area contributed by atoms with Crippen molar-refractivity contribution < 1.29 is 18.0 Å². The number of alkyl halides is 3. The summed E-state index contributed by atoms with van der Waals surface area (Å²) in [4.78, 5) is 15.6. The molecule has 0 aliphatic heterocycles. The summed E-state index contributed by atoms with van der Waals surface area (Å²) in [6.45, 7) is 7.12. The first-order valence-electron chi connectivity index (χ1n) is 10.8. The van der Waals surface area contributed by atoms with Crippen LogP contribution in [-0.4, -0.2) is 24.4 Å². The molecule has 0 atom stereocenters. The Morgan fingerprint density at radius 2 is 1.67 bits per heavy atom. The van der Waals surface area contributed by atoms with Gasteiger partial charge < -0.3 is 10.2 Å². The van der Waals surface area contributed by atoms with Crippen molar-refractivity contribution in [2.75, 3.05) is 18.9 Å². The van der Waals surface area contributed by atoms with Gasteiger partial charge in [-0.1, -0.05) is 63.2 Å². The largest absolute Gasteiger partial charge is 0.416 e. The van der Waals surface area contributed by atoms with E-state index >= 15 is 0 Å². The minimum absolute atomic E-state index is 0.0259. The van der Waals surface area contributed by atoms with E-state index in [9.17, 15) is 18.0 Å². The topological polar surface area (TPSA) is 32.3 Å². The molecule has 1 heterocycles. The molecule has 3 aromatic rings. The highest BCUT2D eigenvalue weighted by Gasteiger charge is 2.30. The summed E-state index contributed by atoms with van der Waals surface area (Å²) < 4.78 is 39.3. The van der Waals surface area contributed by atoms with Gasteiger partial charge in [0.15, 0.2) is 0 Å². The zero-order chi connectivity index (χ0) is 24.2. The second kappa shape index (κ2) is 10.00. The first kappa shape index (κ1) is 24.8. The van der Waals surface area contributed by atoms with Crippen LogP contribution in [0.2, 0.25) is 0 Å². The molecule has 1 amide bonds. The van der Waals surface area contributed by atoms with Crippen molar-refractivity contribution in [1.29, 1.82) is 0 Å². The SMILES string of the molecule is CNc1csc(C(=O)N(CCc2cccc(C(F)(F)F)c2)Cc2ccc(C(C)(C)C)cc2)c1. The number of nitrogens with one attached hydrogen (secondary N) is 1. The smallest absolute Gasteiger partial charge is 0.387 e. The third-order valence-corrected chi connectivity index (χ3v) is 6.42. The van der Waals surface area contributed by atoms with E-state index in [-0.39, 0.29) is 11.3 Å². The molecule has 0 radical (unpaired) electrons. The van der Waals surface area contributed by atoms with Gasteiger partial charge in [0.2, 0.25) is 0 Å². The van der Waals surface area contributed by atoms with E-state index in [4.69, 9.17) is 0 Å². The lowest BCUT2D eigenvalue weighted by molar-refractivity contribution is -0.137. The van der Waals surface area contributed by atoms with Crippen LogP contribution in [0, 0.1) is 0 Å². The van der Waals surface area contributed by atoms with Crippen molar-refractivity contribution in [3.8, 4) is 0 Å². The third kappa shape index (κ3) is 6.60. The molecule has 0 bridgehead atoms. The van der Waals surface area contributed by atoms with Gasteiger partial charge in [0, 0.05) is 31.2 Å². The number of amides is 1. The number of thiophene rings is 1. The Hall–Kier alpha value is -2.80. The average molecular weight is 475 g/mol. The number of hydrogen-bond donors (Lipinski definition) is 1. The maximum absolute atomic E-state index is 13.3. The lowest BCUT2D eigenvalue weighted by Gasteiger charge is -2.24. The van der Waals surface area contributed by atoms with Gasteiger partial charge in [-0.2, -0.15) is 13.2 Å². The fraction of sp³-hybridized carbons (Fsp3) is 0.346. The molecule has 0 aliphatic rings. The quantitative estimate of drug-likeness (QED) is 0.400. The van der Waals surface area contributed by atoms with Gasteiger partial charge in [-0.15, -0.1) is 11.3 Å². The fourth-order valence-corrected chi connectivity index (χ4v) is 4.35. The number of nitrogens with zero attached hydrogens (tertiary/aromatic N) is 1. The Bertz CT molecular complexity index is 1080. The minimum Gasteiger partial charge on any atom is -0.387 e. The van der Waals surface area contributed by atoms with E-state index < -0.39 is 11.7 Å². The normalized spacial score (nSPS) is 12.0. The summed E-state index contributed by atoms with van der Waals surface area (Å²) in [6, 6.07) is 15.3. The van der Waals surface area contributed by atoms with Gasteiger partial charge in [0.25, 0.3) is 5.91 Å². The number of anilines is 1. The Kier molecular flexibility index (Phi) is 7.52. The van der Waals surface area contributed by atoms with E-state index in [1.165, 1.54) is 23.0 Å². The number of rotatable bonds is 7. The molecule has 0 unspecified atom stereocenters. The van der Waals surface area contributed by atoms with Gasteiger partial charge in [-0.3, -0.25) is 4.79 Å². The van der Waals surface area contributed by atoms with Crippen molar-refractivity contribution in [1.82, 2.24) is 4.90 Å². The van der Waals surface area contributed by atoms with Crippen molar-refractivity contribution in [2.45, 2.75) is 45.3 Å². The first-order chi connectivity index (χ1) is 15.5. The summed E-state index contributed by atoms with van der Waals surface area (Å²) in [5, 5.41) is 4.89. The van der Waals surface area contributed by atoms with Crippen LogP contribution < -0.4 is 5.32 Å². The third-order valence-electron chi connectivity index (χ3n) is 5.50. The summed E-state index contributed by atoms with van der Waals surface area (Å²) in [7, 11) is 1.79.